The summed E-state index contributed by atoms with van der Waals surface area (Å²) in [6.07, 6.45) is 4.33. The van der Waals surface area contributed by atoms with Crippen molar-refractivity contribution in [1.29, 1.82) is 0 Å². The molecule has 0 bridgehead atoms. The summed E-state index contributed by atoms with van der Waals surface area (Å²) in [6, 6.07) is 8.46. The van der Waals surface area contributed by atoms with Crippen molar-refractivity contribution in [1.82, 2.24) is 51.5 Å². The number of aliphatic hydroxyl groups is 1. The number of nitrogens with one attached hydrogen (secondary N) is 6. The third-order valence-corrected chi connectivity index (χ3v) is 19.4. The van der Waals surface area contributed by atoms with Crippen molar-refractivity contribution in [3.05, 3.63) is 59.4 Å². The highest BCUT2D eigenvalue weighted by Gasteiger charge is 2.37. The lowest BCUT2D eigenvalue weighted by Crippen LogP contribution is -2.52. The van der Waals surface area contributed by atoms with Crippen LogP contribution in [0.2, 0.25) is 0 Å². The number of aliphatic imine (C=N–C) groups is 1. The average molecular weight is 1630 g/mol. The van der Waals surface area contributed by atoms with Gasteiger partial charge < -0.3 is 65.4 Å². The van der Waals surface area contributed by atoms with Gasteiger partial charge in [0.25, 0.3) is 0 Å². The molecule has 4 unspecified atom stereocenters. The fourth-order valence-corrected chi connectivity index (χ4v) is 14.0. The lowest BCUT2D eigenvalue weighted by atomic mass is 9.75. The first-order valence-electron chi connectivity index (χ1n) is 41.2. The molecule has 1 saturated heterocycles. The third kappa shape index (κ3) is 38.6. The second kappa shape index (κ2) is 45.4. The Morgan fingerprint density at radius 3 is 1.47 bits per heavy atom. The number of amides is 6. The molecule has 116 heavy (non-hydrogen) atoms. The van der Waals surface area contributed by atoms with E-state index in [1.165, 1.54) is 7.11 Å². The Morgan fingerprint density at radius 2 is 0.983 bits per heavy atom. The molecule has 0 radical (unpaired) electrons. The first-order valence-corrected chi connectivity index (χ1v) is 41.2. The van der Waals surface area contributed by atoms with E-state index in [0.29, 0.717) is 104 Å². The summed E-state index contributed by atoms with van der Waals surface area (Å²) in [5.41, 5.74) is -3.14. The fourth-order valence-electron chi connectivity index (χ4n) is 14.0. The van der Waals surface area contributed by atoms with Gasteiger partial charge in [0, 0.05) is 109 Å². The molecule has 4 atom stereocenters. The van der Waals surface area contributed by atoms with Gasteiger partial charge in [-0.05, 0) is 209 Å². The summed E-state index contributed by atoms with van der Waals surface area (Å²) in [4.78, 5) is 175. The van der Waals surface area contributed by atoms with Crippen LogP contribution < -0.4 is 31.9 Å². The quantitative estimate of drug-likeness (QED) is 0.0147. The number of carbonyl (C=O) groups excluding carboxylic acids is 12. The molecule has 0 aromatic heterocycles. The molecule has 2 aromatic carbocycles. The van der Waals surface area contributed by atoms with Gasteiger partial charge in [0.15, 0.2) is 5.78 Å². The number of ether oxygens (including phenoxy) is 6. The van der Waals surface area contributed by atoms with E-state index >= 15 is 0 Å². The highest BCUT2D eigenvalue weighted by Crippen LogP contribution is 2.37. The molecule has 30 heteroatoms. The molecule has 2 aromatic rings. The van der Waals surface area contributed by atoms with E-state index in [0.717, 1.165) is 16.3 Å². The van der Waals surface area contributed by atoms with Gasteiger partial charge in [0.05, 0.1) is 38.9 Å². The van der Waals surface area contributed by atoms with Crippen LogP contribution in [0.1, 0.15) is 220 Å². The van der Waals surface area contributed by atoms with Crippen LogP contribution >= 0.6 is 0 Å². The number of fused-ring (bicyclic) bond motifs is 1. The van der Waals surface area contributed by atoms with Crippen LogP contribution in [0, 0.1) is 17.3 Å². The van der Waals surface area contributed by atoms with E-state index in [9.17, 15) is 62.6 Å². The maximum atomic E-state index is 14.4. The summed E-state index contributed by atoms with van der Waals surface area (Å²) in [5.74, 6) is -5.50. The Labute approximate surface area is 687 Å². The van der Waals surface area contributed by atoms with Gasteiger partial charge in [-0.1, -0.05) is 56.3 Å². The van der Waals surface area contributed by atoms with Crippen molar-refractivity contribution in [2.45, 2.75) is 273 Å². The first-order chi connectivity index (χ1) is 54.0. The van der Waals surface area contributed by atoms with Crippen LogP contribution in [-0.2, 0) is 87.6 Å². The normalized spacial score (nSPS) is 18.6. The Kier molecular flexibility index (Phi) is 38.3. The van der Waals surface area contributed by atoms with Gasteiger partial charge >= 0.3 is 41.8 Å². The lowest BCUT2D eigenvalue weighted by molar-refractivity contribution is -0.159. The average Bonchev–Trinajstić information content (AvgIpc) is 0.800. The highest BCUT2D eigenvalue weighted by atomic mass is 16.6. The van der Waals surface area contributed by atoms with Gasteiger partial charge in [0.2, 0.25) is 23.6 Å². The van der Waals surface area contributed by atoms with E-state index in [1.54, 1.807) is 111 Å². The van der Waals surface area contributed by atoms with Crippen molar-refractivity contribution < 1.29 is 91.1 Å². The molecule has 30 nitrogen and oxygen atoms in total. The largest absolute Gasteiger partial charge is 0.511 e. The van der Waals surface area contributed by atoms with Gasteiger partial charge in [-0.15, -0.1) is 0 Å². The standard InChI is InChI=1S/C86H137N11O19/c1-57(74-67(98)50-86(17,18)51-68(74)99)90-63(28-22-24-38-87-69(100)53-94-40-42-95(54-71(102)113-82(5,6)7)44-46-97(56-73(104)115-84(11,12)13)47-45-96(43-41-94)55-72(103)114-83(8,9)10)76(106)89-52-58-30-34-61(35-31-58)75(105)91-66(49-59-32-33-60-26-20-21-27-62(60)48-59)77(107)88-39-25-23-29-64(78(108)111-19)92-80(110)93-65(79(109)116-85(14,15)16)36-37-70(101)112-81(2,3)4/h20-21,26-27,32-33,48,58,61,63-66,98H,22-25,28-31,34-47,49-56H2,1-19H3,(H,87,100)(H,88,107)(H,89,106)(H,91,105)(H2,92,93,110). The maximum Gasteiger partial charge on any atom is 0.329 e. The minimum absolute atomic E-state index is 0.0105. The molecule has 3 aliphatic rings. The predicted molar refractivity (Wildman–Crippen MR) is 442 cm³/mol. The number of unbranched alkanes of at least 4 members (excludes halogenated alkanes) is 2. The number of nitrogens with zero attached hydrogens (tertiary/aromatic N) is 5. The number of hydrogen-bond donors (Lipinski definition) is 7. The number of hydrogen-bond acceptors (Lipinski definition) is 24. The summed E-state index contributed by atoms with van der Waals surface area (Å²) in [6.45, 7) is 35.3. The first kappa shape index (κ1) is 98.0. The molecule has 0 spiro atoms. The number of urea groups is 1. The molecule has 5 rings (SSSR count). The second-order valence-corrected chi connectivity index (χ2v) is 36.8. The zero-order chi connectivity index (χ0) is 86.5. The van der Waals surface area contributed by atoms with Gasteiger partial charge in [-0.2, -0.15) is 0 Å². The number of allylic oxidation sites excluding steroid dienone is 2. The topological polar surface area (TPSA) is 378 Å². The van der Waals surface area contributed by atoms with Crippen LogP contribution in [-0.4, -0.2) is 259 Å². The van der Waals surface area contributed by atoms with E-state index < -0.39 is 111 Å². The van der Waals surface area contributed by atoms with E-state index in [2.05, 4.69) is 31.9 Å². The van der Waals surface area contributed by atoms with Crippen LogP contribution in [0.5, 0.6) is 0 Å². The summed E-state index contributed by atoms with van der Waals surface area (Å²) in [7, 11) is 1.18. The monoisotopic (exact) mass is 1630 g/mol. The zero-order valence-electron chi connectivity index (χ0n) is 72.8. The number of benzene rings is 2. The molecular weight excluding hydrogens is 1490 g/mol. The molecule has 1 heterocycles. The summed E-state index contributed by atoms with van der Waals surface area (Å²) in [5, 5.41) is 30.5. The fraction of sp³-hybridized carbons (Fsp3) is 0.709. The number of rotatable bonds is 35. The van der Waals surface area contributed by atoms with Crippen molar-refractivity contribution in [2.24, 2.45) is 22.2 Å². The van der Waals surface area contributed by atoms with E-state index in [-0.39, 0.29) is 137 Å². The maximum absolute atomic E-state index is 14.4. The SMILES string of the molecule is COC(=O)C(CCCCNC(=O)C(Cc1ccc2ccccc2c1)NC(=O)C1CCC(CNC(=O)C(CCCCNC(=O)CN2CCN(CC(=O)OC(C)(C)C)CCN(CC(=O)OC(C)(C)C)CCN(CC(=O)OC(C)(C)C)CC2)N=C(C)C2=C(O)CC(C)(C)CC2=O)CC1)NC(=O)NC(CCC(=O)OC(C)(C)C)C(=O)OC(C)(C)C. The van der Waals surface area contributed by atoms with Crippen LogP contribution in [0.25, 0.3) is 10.8 Å². The van der Waals surface area contributed by atoms with Gasteiger partial charge in [0.1, 0.15) is 57.9 Å². The van der Waals surface area contributed by atoms with Crippen molar-refractivity contribution in [2.75, 3.05) is 105 Å². The summed E-state index contributed by atoms with van der Waals surface area (Å²) < 4.78 is 33.1. The van der Waals surface area contributed by atoms with Crippen LogP contribution in [0.3, 0.4) is 0 Å². The Bertz CT molecular complexity index is 3670. The van der Waals surface area contributed by atoms with Crippen molar-refractivity contribution >= 4 is 87.7 Å². The van der Waals surface area contributed by atoms with E-state index in [1.807, 2.05) is 75.9 Å². The Morgan fingerprint density at radius 1 is 0.517 bits per heavy atom. The third-order valence-electron chi connectivity index (χ3n) is 19.4. The van der Waals surface area contributed by atoms with Gasteiger partial charge in [-0.3, -0.25) is 67.7 Å². The number of esters is 6. The number of ketones is 1. The molecule has 2 fully saturated rings. The second-order valence-electron chi connectivity index (χ2n) is 36.8. The number of methoxy groups -OCH3 is 1. The lowest BCUT2D eigenvalue weighted by Gasteiger charge is -2.34. The number of Topliss-reactive ketones (excluding diaryl/α,β-unsaturated/α-hetero) is 1. The number of aliphatic hydroxyl groups excluding tert-OH is 1. The Balaban J connectivity index is 1.22. The Hall–Kier alpha value is -8.61. The van der Waals surface area contributed by atoms with Crippen LogP contribution in [0.4, 0.5) is 4.79 Å². The minimum Gasteiger partial charge on any atom is -0.511 e. The van der Waals surface area contributed by atoms with Crippen molar-refractivity contribution in [3.8, 4) is 0 Å². The minimum atomic E-state index is -1.26. The molecular formula is C86H137N11O19. The molecule has 2 aliphatic carbocycles. The molecule has 7 N–H and O–H groups in total. The van der Waals surface area contributed by atoms with E-state index in [4.69, 9.17) is 33.4 Å². The van der Waals surface area contributed by atoms with Crippen molar-refractivity contribution in [3.63, 3.8) is 0 Å². The predicted octanol–water partition coefficient (Wildman–Crippen LogP) is 8.31. The molecule has 6 amide bonds. The smallest absolute Gasteiger partial charge is 0.329 e. The summed E-state index contributed by atoms with van der Waals surface area (Å²) >= 11 is 0. The van der Waals surface area contributed by atoms with Crippen LogP contribution in [0.15, 0.2) is 58.8 Å². The highest BCUT2D eigenvalue weighted by molar-refractivity contribution is 6.22. The zero-order valence-corrected chi connectivity index (χ0v) is 72.8. The molecule has 1 aliphatic heterocycles. The number of carbonyl (C=O) groups is 12. The molecule has 650 valence electrons. The van der Waals surface area contributed by atoms with Gasteiger partial charge in [-0.25, -0.2) is 14.4 Å². The molecule has 1 saturated carbocycles.